The first-order chi connectivity index (χ1) is 7.58. The summed E-state index contributed by atoms with van der Waals surface area (Å²) in [6.07, 6.45) is 0.296. The Kier molecular flexibility index (Phi) is 2.97. The maximum atomic E-state index is 11.3. The second kappa shape index (κ2) is 4.26. The van der Waals surface area contributed by atoms with Crippen LogP contribution in [0.15, 0.2) is 18.2 Å². The third-order valence-electron chi connectivity index (χ3n) is 2.77. The molecular weight excluding hydrogens is 226 g/mol. The van der Waals surface area contributed by atoms with Gasteiger partial charge in [-0.15, -0.1) is 0 Å². The predicted molar refractivity (Wildman–Crippen MR) is 63.0 cm³/mol. The molecule has 1 aromatic carbocycles. The van der Waals surface area contributed by atoms with Gasteiger partial charge in [0, 0.05) is 23.7 Å². The molecule has 1 saturated heterocycles. The van der Waals surface area contributed by atoms with Crippen LogP contribution < -0.4 is 4.90 Å². The van der Waals surface area contributed by atoms with E-state index in [1.54, 1.807) is 0 Å². The maximum absolute atomic E-state index is 11.3. The highest BCUT2D eigenvalue weighted by Gasteiger charge is 2.24. The molecule has 1 heterocycles. The van der Waals surface area contributed by atoms with Crippen LogP contribution in [0.2, 0.25) is 5.02 Å². The van der Waals surface area contributed by atoms with Gasteiger partial charge < -0.3 is 4.90 Å². The largest absolute Gasteiger partial charge is 0.363 e. The number of benzene rings is 1. The van der Waals surface area contributed by atoms with Crippen molar-refractivity contribution in [1.82, 2.24) is 0 Å². The molecule has 0 aliphatic carbocycles. The maximum Gasteiger partial charge on any atom is 0.217 e. The zero-order valence-corrected chi connectivity index (χ0v) is 9.75. The minimum atomic E-state index is -0.317. The molecule has 1 fully saturated rings. The van der Waals surface area contributed by atoms with Gasteiger partial charge in [0.15, 0.2) is 0 Å². The molecular formula is C12H12ClNO2. The monoisotopic (exact) mass is 237 g/mol. The highest BCUT2D eigenvalue weighted by Crippen LogP contribution is 2.24. The summed E-state index contributed by atoms with van der Waals surface area (Å²) >= 11 is 6.02. The number of ketones is 2. The molecule has 1 aromatic rings. The Morgan fingerprint density at radius 3 is 2.62 bits per heavy atom. The van der Waals surface area contributed by atoms with Crippen molar-refractivity contribution < 1.29 is 9.59 Å². The van der Waals surface area contributed by atoms with Gasteiger partial charge in [-0.25, -0.2) is 0 Å². The number of rotatable bonds is 1. The highest BCUT2D eigenvalue weighted by atomic mass is 35.5. The van der Waals surface area contributed by atoms with E-state index in [0.717, 1.165) is 11.3 Å². The van der Waals surface area contributed by atoms with Crippen LogP contribution in [0.5, 0.6) is 0 Å². The van der Waals surface area contributed by atoms with Crippen molar-refractivity contribution >= 4 is 28.9 Å². The normalized spacial score (nSPS) is 16.8. The average Bonchev–Trinajstić information content (AvgIpc) is 2.26. The molecule has 0 atom stereocenters. The number of piperidine rings is 1. The first kappa shape index (κ1) is 11.1. The Morgan fingerprint density at radius 1 is 1.25 bits per heavy atom. The van der Waals surface area contributed by atoms with Crippen molar-refractivity contribution in [2.24, 2.45) is 0 Å². The summed E-state index contributed by atoms with van der Waals surface area (Å²) in [5.41, 5.74) is 1.90. The quantitative estimate of drug-likeness (QED) is 0.701. The number of nitrogens with zero attached hydrogens (tertiary/aromatic N) is 1. The second-order valence-electron chi connectivity index (χ2n) is 3.95. The van der Waals surface area contributed by atoms with Gasteiger partial charge in [-0.05, 0) is 24.6 Å². The number of halogens is 1. The second-order valence-corrected chi connectivity index (χ2v) is 4.36. The minimum Gasteiger partial charge on any atom is -0.363 e. The molecule has 0 N–H and O–H groups in total. The van der Waals surface area contributed by atoms with Gasteiger partial charge in [-0.2, -0.15) is 0 Å². The summed E-state index contributed by atoms with van der Waals surface area (Å²) in [6.45, 7) is 2.68. The lowest BCUT2D eigenvalue weighted by Crippen LogP contribution is -2.41. The molecule has 0 amide bonds. The summed E-state index contributed by atoms with van der Waals surface area (Å²) in [5, 5.41) is 0.682. The van der Waals surface area contributed by atoms with Crippen molar-refractivity contribution in [2.75, 3.05) is 18.0 Å². The predicted octanol–water partition coefficient (Wildman–Crippen LogP) is 2.00. The number of Topliss-reactive ketones (excluding diaryl/α,β-unsaturated/α-hetero) is 2. The number of carbonyl (C=O) groups excluding carboxylic acids is 2. The summed E-state index contributed by atoms with van der Waals surface area (Å²) < 4.78 is 0. The van der Waals surface area contributed by atoms with Gasteiger partial charge >= 0.3 is 0 Å². The fraction of sp³-hybridized carbons (Fsp3) is 0.333. The summed E-state index contributed by atoms with van der Waals surface area (Å²) in [6, 6.07) is 5.67. The number of hydrogen-bond donors (Lipinski definition) is 0. The Morgan fingerprint density at radius 2 is 2.00 bits per heavy atom. The van der Waals surface area contributed by atoms with Crippen molar-refractivity contribution in [3.63, 3.8) is 0 Å². The van der Waals surface area contributed by atoms with E-state index in [2.05, 4.69) is 0 Å². The Bertz CT molecular complexity index is 456. The number of hydrogen-bond acceptors (Lipinski definition) is 3. The molecule has 0 radical (unpaired) electrons. The molecule has 0 unspecified atom stereocenters. The van der Waals surface area contributed by atoms with Crippen LogP contribution >= 0.6 is 11.6 Å². The standard InChI is InChI=1S/C12H12ClNO2/c1-8-2-3-9(6-10(8)13)14-5-4-11(15)12(16)7-14/h2-3,6H,4-5,7H2,1H3. The first-order valence-corrected chi connectivity index (χ1v) is 5.53. The number of anilines is 1. The van der Waals surface area contributed by atoms with Gasteiger partial charge in [0.2, 0.25) is 11.6 Å². The molecule has 0 bridgehead atoms. The van der Waals surface area contributed by atoms with Crippen LogP contribution in [-0.2, 0) is 9.59 Å². The van der Waals surface area contributed by atoms with Crippen molar-refractivity contribution in [3.05, 3.63) is 28.8 Å². The van der Waals surface area contributed by atoms with Crippen LogP contribution in [0.25, 0.3) is 0 Å². The van der Waals surface area contributed by atoms with Gasteiger partial charge in [0.1, 0.15) is 0 Å². The average molecular weight is 238 g/mol. The van der Waals surface area contributed by atoms with Crippen LogP contribution in [-0.4, -0.2) is 24.7 Å². The Balaban J connectivity index is 2.22. The molecule has 16 heavy (non-hydrogen) atoms. The van der Waals surface area contributed by atoms with E-state index in [1.165, 1.54) is 0 Å². The SMILES string of the molecule is Cc1ccc(N2CCC(=O)C(=O)C2)cc1Cl. The highest BCUT2D eigenvalue weighted by molar-refractivity contribution is 6.39. The molecule has 84 valence electrons. The van der Waals surface area contributed by atoms with Crippen molar-refractivity contribution in [3.8, 4) is 0 Å². The molecule has 1 aliphatic rings. The van der Waals surface area contributed by atoms with E-state index in [4.69, 9.17) is 11.6 Å². The first-order valence-electron chi connectivity index (χ1n) is 5.15. The zero-order chi connectivity index (χ0) is 11.7. The van der Waals surface area contributed by atoms with Crippen molar-refractivity contribution in [1.29, 1.82) is 0 Å². The lowest BCUT2D eigenvalue weighted by atomic mass is 10.1. The van der Waals surface area contributed by atoms with E-state index >= 15 is 0 Å². The third-order valence-corrected chi connectivity index (χ3v) is 3.18. The van der Waals surface area contributed by atoms with E-state index < -0.39 is 0 Å². The van der Waals surface area contributed by atoms with Crippen LogP contribution in [0.1, 0.15) is 12.0 Å². The molecule has 4 heteroatoms. The number of carbonyl (C=O) groups is 2. The van der Waals surface area contributed by atoms with Crippen LogP contribution in [0.4, 0.5) is 5.69 Å². The zero-order valence-electron chi connectivity index (χ0n) is 9.00. The lowest BCUT2D eigenvalue weighted by Gasteiger charge is -2.27. The fourth-order valence-corrected chi connectivity index (χ4v) is 1.89. The molecule has 1 aliphatic heterocycles. The molecule has 2 rings (SSSR count). The van der Waals surface area contributed by atoms with E-state index in [9.17, 15) is 9.59 Å². The van der Waals surface area contributed by atoms with Crippen LogP contribution in [0.3, 0.4) is 0 Å². The Labute approximate surface area is 99.0 Å². The number of aryl methyl sites for hydroxylation is 1. The van der Waals surface area contributed by atoms with E-state index in [1.807, 2.05) is 30.0 Å². The van der Waals surface area contributed by atoms with Gasteiger partial charge in [-0.1, -0.05) is 17.7 Å². The Hall–Kier alpha value is -1.35. The lowest BCUT2D eigenvalue weighted by molar-refractivity contribution is -0.136. The molecule has 0 spiro atoms. The minimum absolute atomic E-state index is 0.165. The molecule has 0 saturated carbocycles. The van der Waals surface area contributed by atoms with E-state index in [0.29, 0.717) is 18.0 Å². The van der Waals surface area contributed by atoms with Crippen molar-refractivity contribution in [2.45, 2.75) is 13.3 Å². The van der Waals surface area contributed by atoms with Gasteiger partial charge in [0.25, 0.3) is 0 Å². The summed E-state index contributed by atoms with van der Waals surface area (Å²) in [5.74, 6) is -0.586. The molecule has 3 nitrogen and oxygen atoms in total. The van der Waals surface area contributed by atoms with Gasteiger partial charge in [-0.3, -0.25) is 9.59 Å². The smallest absolute Gasteiger partial charge is 0.217 e. The summed E-state index contributed by atoms with van der Waals surface area (Å²) in [4.78, 5) is 24.3. The van der Waals surface area contributed by atoms with E-state index in [-0.39, 0.29) is 18.1 Å². The fourth-order valence-electron chi connectivity index (χ4n) is 1.72. The van der Waals surface area contributed by atoms with Crippen LogP contribution in [0, 0.1) is 6.92 Å². The third kappa shape index (κ3) is 2.09. The topological polar surface area (TPSA) is 37.4 Å². The summed E-state index contributed by atoms with van der Waals surface area (Å²) in [7, 11) is 0. The van der Waals surface area contributed by atoms with Gasteiger partial charge in [0.05, 0.1) is 6.54 Å². The molecule has 0 aromatic heterocycles.